The van der Waals surface area contributed by atoms with Crippen LogP contribution in [-0.2, 0) is 0 Å². The fourth-order valence-electron chi connectivity index (χ4n) is 2.50. The Morgan fingerprint density at radius 2 is 1.89 bits per heavy atom. The summed E-state index contributed by atoms with van der Waals surface area (Å²) in [7, 11) is 0. The highest BCUT2D eigenvalue weighted by Crippen LogP contribution is 2.40. The third kappa shape index (κ3) is 3.78. The summed E-state index contributed by atoms with van der Waals surface area (Å²) in [5, 5.41) is 3.40. The molecular formula is C13H14BrClF3N. The third-order valence-electron chi connectivity index (χ3n) is 3.46. The summed E-state index contributed by atoms with van der Waals surface area (Å²) < 4.78 is 39.8. The Morgan fingerprint density at radius 1 is 1.21 bits per heavy atom. The van der Waals surface area contributed by atoms with E-state index in [-0.39, 0.29) is 6.42 Å². The van der Waals surface area contributed by atoms with Crippen LogP contribution in [0.15, 0.2) is 22.7 Å². The highest BCUT2D eigenvalue weighted by atomic mass is 79.9. The number of hydrogen-bond donors (Lipinski definition) is 1. The second-order valence-electron chi connectivity index (χ2n) is 4.81. The second kappa shape index (κ2) is 5.92. The van der Waals surface area contributed by atoms with Crippen LogP contribution in [-0.4, -0.2) is 12.2 Å². The first-order valence-corrected chi connectivity index (χ1v) is 7.33. The van der Waals surface area contributed by atoms with Crippen molar-refractivity contribution in [3.63, 3.8) is 0 Å². The van der Waals surface area contributed by atoms with Crippen LogP contribution in [0.4, 0.5) is 18.9 Å². The quantitative estimate of drug-likeness (QED) is 0.723. The van der Waals surface area contributed by atoms with Crippen molar-refractivity contribution < 1.29 is 13.2 Å². The van der Waals surface area contributed by atoms with Gasteiger partial charge in [0.1, 0.15) is 0 Å². The molecule has 0 aliphatic heterocycles. The Bertz CT molecular complexity index is 450. The summed E-state index contributed by atoms with van der Waals surface area (Å²) in [5.41, 5.74) is 0.553. The third-order valence-corrected chi connectivity index (χ3v) is 4.28. The maximum Gasteiger partial charge on any atom is 0.393 e. The second-order valence-corrected chi connectivity index (χ2v) is 6.13. The lowest BCUT2D eigenvalue weighted by Crippen LogP contribution is -2.41. The maximum absolute atomic E-state index is 13.0. The molecule has 1 fully saturated rings. The molecule has 0 spiro atoms. The summed E-state index contributed by atoms with van der Waals surface area (Å²) in [5.74, 6) is -1.30. The van der Waals surface area contributed by atoms with Crippen molar-refractivity contribution in [2.45, 2.75) is 37.9 Å². The standard InChI is InChI=1S/C13H14BrClF3N/c14-8-5-6-10(15)12(7-8)19-11-4-2-1-3-9(11)13(16,17)18/h5-7,9,11,19H,1-4H2. The number of anilines is 1. The molecule has 2 atom stereocenters. The molecule has 1 aliphatic rings. The van der Waals surface area contributed by atoms with E-state index in [9.17, 15) is 13.2 Å². The van der Waals surface area contributed by atoms with Crippen molar-refractivity contribution in [1.82, 2.24) is 0 Å². The van der Waals surface area contributed by atoms with Crippen LogP contribution in [0, 0.1) is 5.92 Å². The van der Waals surface area contributed by atoms with E-state index in [4.69, 9.17) is 11.6 Å². The molecule has 1 aromatic carbocycles. The molecular weight excluding hydrogens is 343 g/mol. The van der Waals surface area contributed by atoms with Gasteiger partial charge in [-0.1, -0.05) is 40.4 Å². The summed E-state index contributed by atoms with van der Waals surface area (Å²) in [6, 6.07) is 4.54. The monoisotopic (exact) mass is 355 g/mol. The van der Waals surface area contributed by atoms with Gasteiger partial charge in [0.2, 0.25) is 0 Å². The fraction of sp³-hybridized carbons (Fsp3) is 0.538. The topological polar surface area (TPSA) is 12.0 Å². The van der Waals surface area contributed by atoms with Crippen molar-refractivity contribution in [2.24, 2.45) is 5.92 Å². The first kappa shape index (κ1) is 15.0. The maximum atomic E-state index is 13.0. The molecule has 2 rings (SSSR count). The highest BCUT2D eigenvalue weighted by molar-refractivity contribution is 9.10. The van der Waals surface area contributed by atoms with Gasteiger partial charge in [-0.2, -0.15) is 13.2 Å². The van der Waals surface area contributed by atoms with Crippen LogP contribution in [0.3, 0.4) is 0 Å². The van der Waals surface area contributed by atoms with E-state index in [1.165, 1.54) is 0 Å². The molecule has 2 unspecified atom stereocenters. The van der Waals surface area contributed by atoms with E-state index in [0.717, 1.165) is 10.9 Å². The molecule has 1 aliphatic carbocycles. The number of alkyl halides is 3. The number of halogens is 5. The van der Waals surface area contributed by atoms with Gasteiger partial charge < -0.3 is 5.32 Å². The number of benzene rings is 1. The number of rotatable bonds is 2. The Hall–Kier alpha value is -0.420. The van der Waals surface area contributed by atoms with Gasteiger partial charge in [0.05, 0.1) is 16.6 Å². The van der Waals surface area contributed by atoms with Gasteiger partial charge in [0.25, 0.3) is 0 Å². The Morgan fingerprint density at radius 3 is 2.58 bits per heavy atom. The molecule has 0 heterocycles. The number of hydrogen-bond acceptors (Lipinski definition) is 1. The average Bonchev–Trinajstić information content (AvgIpc) is 2.33. The molecule has 0 amide bonds. The zero-order chi connectivity index (χ0) is 14.0. The van der Waals surface area contributed by atoms with E-state index in [0.29, 0.717) is 23.6 Å². The fourth-order valence-corrected chi connectivity index (χ4v) is 3.04. The minimum absolute atomic E-state index is 0.187. The smallest absolute Gasteiger partial charge is 0.380 e. The van der Waals surface area contributed by atoms with Gasteiger partial charge in [0, 0.05) is 10.5 Å². The Kier molecular flexibility index (Phi) is 4.66. The lowest BCUT2D eigenvalue weighted by Gasteiger charge is -2.34. The first-order valence-electron chi connectivity index (χ1n) is 6.16. The molecule has 0 aromatic heterocycles. The van der Waals surface area contributed by atoms with Crippen LogP contribution >= 0.6 is 27.5 Å². The van der Waals surface area contributed by atoms with Gasteiger partial charge in [-0.25, -0.2) is 0 Å². The van der Waals surface area contributed by atoms with Gasteiger partial charge >= 0.3 is 6.18 Å². The van der Waals surface area contributed by atoms with Crippen molar-refractivity contribution >= 4 is 33.2 Å². The number of nitrogens with one attached hydrogen (secondary N) is 1. The van der Waals surface area contributed by atoms with E-state index in [1.54, 1.807) is 18.2 Å². The summed E-state index contributed by atoms with van der Waals surface area (Å²) in [6.45, 7) is 0. The molecule has 1 nitrogen and oxygen atoms in total. The van der Waals surface area contributed by atoms with Crippen LogP contribution in [0.1, 0.15) is 25.7 Å². The van der Waals surface area contributed by atoms with Gasteiger partial charge in [-0.15, -0.1) is 0 Å². The highest BCUT2D eigenvalue weighted by Gasteiger charge is 2.45. The largest absolute Gasteiger partial charge is 0.393 e. The molecule has 0 radical (unpaired) electrons. The molecule has 0 bridgehead atoms. The van der Waals surface area contributed by atoms with Crippen LogP contribution in [0.25, 0.3) is 0 Å². The van der Waals surface area contributed by atoms with Gasteiger partial charge in [-0.3, -0.25) is 0 Å². The van der Waals surface area contributed by atoms with Crippen LogP contribution < -0.4 is 5.32 Å². The molecule has 6 heteroatoms. The molecule has 19 heavy (non-hydrogen) atoms. The lowest BCUT2D eigenvalue weighted by molar-refractivity contribution is -0.184. The summed E-state index contributed by atoms with van der Waals surface area (Å²) in [4.78, 5) is 0. The SMILES string of the molecule is FC(F)(F)C1CCCCC1Nc1cc(Br)ccc1Cl. The molecule has 1 saturated carbocycles. The average molecular weight is 357 g/mol. The predicted molar refractivity (Wildman–Crippen MR) is 74.6 cm³/mol. The summed E-state index contributed by atoms with van der Waals surface area (Å²) in [6.07, 6.45) is -2.00. The first-order chi connectivity index (χ1) is 8.88. The normalized spacial score (nSPS) is 24.3. The van der Waals surface area contributed by atoms with Gasteiger partial charge in [-0.05, 0) is 31.0 Å². The molecule has 1 aromatic rings. The molecule has 106 valence electrons. The molecule has 1 N–H and O–H groups in total. The van der Waals surface area contributed by atoms with Crippen LogP contribution in [0.2, 0.25) is 5.02 Å². The summed E-state index contributed by atoms with van der Waals surface area (Å²) >= 11 is 9.31. The van der Waals surface area contributed by atoms with Gasteiger partial charge in [0.15, 0.2) is 0 Å². The lowest BCUT2D eigenvalue weighted by atomic mass is 9.84. The Balaban J connectivity index is 2.17. The molecule has 0 saturated heterocycles. The van der Waals surface area contributed by atoms with E-state index < -0.39 is 18.1 Å². The van der Waals surface area contributed by atoms with Crippen molar-refractivity contribution in [2.75, 3.05) is 5.32 Å². The van der Waals surface area contributed by atoms with Crippen LogP contribution in [0.5, 0.6) is 0 Å². The van der Waals surface area contributed by atoms with E-state index in [2.05, 4.69) is 21.2 Å². The zero-order valence-corrected chi connectivity index (χ0v) is 12.4. The minimum Gasteiger partial charge on any atom is -0.380 e. The van der Waals surface area contributed by atoms with Crippen molar-refractivity contribution in [3.8, 4) is 0 Å². The predicted octanol–water partition coefficient (Wildman–Crippen LogP) is 5.64. The van der Waals surface area contributed by atoms with Crippen molar-refractivity contribution in [1.29, 1.82) is 0 Å². The Labute approximate surface area is 123 Å². The zero-order valence-electron chi connectivity index (χ0n) is 10.1. The van der Waals surface area contributed by atoms with E-state index >= 15 is 0 Å². The minimum atomic E-state index is -4.16. The van der Waals surface area contributed by atoms with E-state index in [1.807, 2.05) is 0 Å². The van der Waals surface area contributed by atoms with Crippen molar-refractivity contribution in [3.05, 3.63) is 27.7 Å².